The number of aliphatic imine (C=N–C) groups is 1. The second-order valence-corrected chi connectivity index (χ2v) is 7.86. The summed E-state index contributed by atoms with van der Waals surface area (Å²) in [5.41, 5.74) is 0.792. The van der Waals surface area contributed by atoms with Gasteiger partial charge in [0.2, 0.25) is 10.0 Å². The first-order chi connectivity index (χ1) is 11.9. The highest BCUT2D eigenvalue weighted by molar-refractivity contribution is 14.0. The molecule has 1 aromatic rings. The van der Waals surface area contributed by atoms with Crippen LogP contribution in [0.1, 0.15) is 25.3 Å². The highest BCUT2D eigenvalue weighted by atomic mass is 127. The van der Waals surface area contributed by atoms with Crippen molar-refractivity contribution in [2.45, 2.75) is 31.2 Å². The molecule has 0 heterocycles. The molecule has 0 spiro atoms. The first-order valence-corrected chi connectivity index (χ1v) is 10.1. The van der Waals surface area contributed by atoms with Gasteiger partial charge in [-0.2, -0.15) is 0 Å². The van der Waals surface area contributed by atoms with E-state index in [1.54, 1.807) is 12.1 Å². The van der Waals surface area contributed by atoms with Crippen molar-refractivity contribution < 1.29 is 13.2 Å². The number of halogens is 1. The Bertz CT molecular complexity index is 693. The lowest BCUT2D eigenvalue weighted by molar-refractivity contribution is 0.115. The second-order valence-electron chi connectivity index (χ2n) is 6.30. The molecule has 1 aliphatic carbocycles. The monoisotopic (exact) mass is 496 g/mol. The standard InChI is InChI=1S/C17H28N4O3S.HI/c1-3-19-17(21(2)9-10-24-13-14-7-8-14)20-12-15-5-4-6-16(11-15)25(18,22)23;/h4-6,11,14H,3,7-10,12-13H2,1-2H3,(H,19,20)(H2,18,22,23);1H. The molecule has 0 amide bonds. The zero-order valence-corrected chi connectivity index (χ0v) is 18.5. The predicted octanol–water partition coefficient (Wildman–Crippen LogP) is 1.78. The van der Waals surface area contributed by atoms with E-state index in [9.17, 15) is 8.42 Å². The van der Waals surface area contributed by atoms with E-state index in [1.165, 1.54) is 18.9 Å². The molecule has 2 rings (SSSR count). The number of guanidine groups is 1. The average molecular weight is 496 g/mol. The molecule has 3 N–H and O–H groups in total. The van der Waals surface area contributed by atoms with E-state index in [1.807, 2.05) is 24.9 Å². The molecule has 26 heavy (non-hydrogen) atoms. The number of primary sulfonamides is 1. The highest BCUT2D eigenvalue weighted by Gasteiger charge is 2.21. The second kappa shape index (κ2) is 11.1. The Labute approximate surface area is 173 Å². The maximum Gasteiger partial charge on any atom is 0.238 e. The van der Waals surface area contributed by atoms with Gasteiger partial charge in [-0.15, -0.1) is 24.0 Å². The van der Waals surface area contributed by atoms with Crippen LogP contribution in [0.3, 0.4) is 0 Å². The summed E-state index contributed by atoms with van der Waals surface area (Å²) in [4.78, 5) is 6.69. The van der Waals surface area contributed by atoms with Crippen LogP contribution in [0.4, 0.5) is 0 Å². The van der Waals surface area contributed by atoms with Gasteiger partial charge >= 0.3 is 0 Å². The van der Waals surface area contributed by atoms with Gasteiger partial charge in [-0.1, -0.05) is 12.1 Å². The molecule has 1 saturated carbocycles. The van der Waals surface area contributed by atoms with Crippen molar-refractivity contribution >= 4 is 40.0 Å². The zero-order valence-electron chi connectivity index (χ0n) is 15.3. The van der Waals surface area contributed by atoms with Gasteiger partial charge in [0.1, 0.15) is 0 Å². The van der Waals surface area contributed by atoms with Crippen molar-refractivity contribution in [3.05, 3.63) is 29.8 Å². The molecule has 0 atom stereocenters. The Kier molecular flexibility index (Phi) is 9.83. The SMILES string of the molecule is CCNC(=NCc1cccc(S(N)(=O)=O)c1)N(C)CCOCC1CC1.I. The largest absolute Gasteiger partial charge is 0.379 e. The van der Waals surface area contributed by atoms with Gasteiger partial charge < -0.3 is 15.0 Å². The Morgan fingerprint density at radius 2 is 2.15 bits per heavy atom. The van der Waals surface area contributed by atoms with E-state index in [-0.39, 0.29) is 28.9 Å². The molecular weight excluding hydrogens is 467 g/mol. The van der Waals surface area contributed by atoms with Gasteiger partial charge in [0.25, 0.3) is 0 Å². The molecular formula is C17H29IN4O3S. The van der Waals surface area contributed by atoms with Crippen LogP contribution < -0.4 is 10.5 Å². The van der Waals surface area contributed by atoms with Crippen LogP contribution in [0, 0.1) is 5.92 Å². The van der Waals surface area contributed by atoms with E-state index < -0.39 is 10.0 Å². The Morgan fingerprint density at radius 3 is 2.77 bits per heavy atom. The van der Waals surface area contributed by atoms with Gasteiger partial charge in [-0.3, -0.25) is 0 Å². The van der Waals surface area contributed by atoms with Crippen LogP contribution in [0.15, 0.2) is 34.2 Å². The minimum absolute atomic E-state index is 0. The number of likely N-dealkylation sites (N-methyl/N-ethyl adjacent to an activating group) is 1. The number of rotatable bonds is 9. The van der Waals surface area contributed by atoms with Crippen molar-refractivity contribution in [1.82, 2.24) is 10.2 Å². The summed E-state index contributed by atoms with van der Waals surface area (Å²) in [6.45, 7) is 5.40. The summed E-state index contributed by atoms with van der Waals surface area (Å²) in [6.07, 6.45) is 2.58. The molecule has 0 aliphatic heterocycles. The van der Waals surface area contributed by atoms with Gasteiger partial charge in [0.05, 0.1) is 18.0 Å². The zero-order chi connectivity index (χ0) is 18.3. The minimum Gasteiger partial charge on any atom is -0.379 e. The maximum absolute atomic E-state index is 11.4. The number of nitrogens with one attached hydrogen (secondary N) is 1. The summed E-state index contributed by atoms with van der Waals surface area (Å²) in [5, 5.41) is 8.41. The summed E-state index contributed by atoms with van der Waals surface area (Å²) < 4.78 is 28.5. The van der Waals surface area contributed by atoms with Crippen molar-refractivity contribution in [2.24, 2.45) is 16.0 Å². The summed E-state index contributed by atoms with van der Waals surface area (Å²) in [5.74, 6) is 1.52. The fraction of sp³-hybridized carbons (Fsp3) is 0.588. The van der Waals surface area contributed by atoms with Gasteiger partial charge in [0, 0.05) is 26.7 Å². The Hall–Kier alpha value is -0.910. The number of nitrogens with zero attached hydrogens (tertiary/aromatic N) is 2. The third kappa shape index (κ3) is 8.19. The molecule has 9 heteroatoms. The summed E-state index contributed by atoms with van der Waals surface area (Å²) in [6, 6.07) is 6.55. The maximum atomic E-state index is 11.4. The van der Waals surface area contributed by atoms with Crippen LogP contribution in [-0.2, 0) is 21.3 Å². The van der Waals surface area contributed by atoms with E-state index in [4.69, 9.17) is 9.88 Å². The van der Waals surface area contributed by atoms with Crippen molar-refractivity contribution in [3.8, 4) is 0 Å². The third-order valence-electron chi connectivity index (χ3n) is 3.96. The molecule has 1 fully saturated rings. The van der Waals surface area contributed by atoms with Crippen molar-refractivity contribution in [1.29, 1.82) is 0 Å². The number of sulfonamides is 1. The van der Waals surface area contributed by atoms with E-state index in [0.717, 1.165) is 37.1 Å². The molecule has 148 valence electrons. The first-order valence-electron chi connectivity index (χ1n) is 8.59. The Morgan fingerprint density at radius 1 is 1.42 bits per heavy atom. The molecule has 1 aromatic carbocycles. The van der Waals surface area contributed by atoms with Crippen LogP contribution in [0.2, 0.25) is 0 Å². The minimum atomic E-state index is -3.70. The van der Waals surface area contributed by atoms with Crippen LogP contribution in [0.5, 0.6) is 0 Å². The normalized spacial score (nSPS) is 14.7. The predicted molar refractivity (Wildman–Crippen MR) is 114 cm³/mol. The van der Waals surface area contributed by atoms with E-state index in [0.29, 0.717) is 13.2 Å². The fourth-order valence-corrected chi connectivity index (χ4v) is 2.88. The first kappa shape index (κ1) is 23.1. The lowest BCUT2D eigenvalue weighted by atomic mass is 10.2. The molecule has 0 saturated heterocycles. The van der Waals surface area contributed by atoms with Crippen LogP contribution in [-0.4, -0.2) is 52.6 Å². The topological polar surface area (TPSA) is 97.0 Å². The number of benzene rings is 1. The summed E-state index contributed by atoms with van der Waals surface area (Å²) in [7, 11) is -1.74. The Balaban J connectivity index is 0.00000338. The van der Waals surface area contributed by atoms with Gasteiger partial charge in [0.15, 0.2) is 5.96 Å². The molecule has 7 nitrogen and oxygen atoms in total. The quantitative estimate of drug-likeness (QED) is 0.235. The molecule has 0 radical (unpaired) electrons. The molecule has 0 bridgehead atoms. The molecule has 1 aliphatic rings. The van der Waals surface area contributed by atoms with Gasteiger partial charge in [-0.05, 0) is 43.4 Å². The van der Waals surface area contributed by atoms with E-state index in [2.05, 4.69) is 10.3 Å². The smallest absolute Gasteiger partial charge is 0.238 e. The van der Waals surface area contributed by atoms with Crippen LogP contribution >= 0.6 is 24.0 Å². The van der Waals surface area contributed by atoms with Gasteiger partial charge in [-0.25, -0.2) is 18.5 Å². The number of nitrogens with two attached hydrogens (primary N) is 1. The van der Waals surface area contributed by atoms with Crippen molar-refractivity contribution in [2.75, 3.05) is 33.4 Å². The lowest BCUT2D eigenvalue weighted by Gasteiger charge is -2.22. The average Bonchev–Trinajstić information content (AvgIpc) is 3.39. The molecule has 0 unspecified atom stereocenters. The molecule has 0 aromatic heterocycles. The highest BCUT2D eigenvalue weighted by Crippen LogP contribution is 2.28. The van der Waals surface area contributed by atoms with Crippen LogP contribution in [0.25, 0.3) is 0 Å². The lowest BCUT2D eigenvalue weighted by Crippen LogP contribution is -2.40. The number of hydrogen-bond donors (Lipinski definition) is 2. The number of ether oxygens (including phenoxy) is 1. The third-order valence-corrected chi connectivity index (χ3v) is 4.87. The summed E-state index contributed by atoms with van der Waals surface area (Å²) >= 11 is 0. The van der Waals surface area contributed by atoms with Crippen molar-refractivity contribution in [3.63, 3.8) is 0 Å². The number of hydrogen-bond acceptors (Lipinski definition) is 4. The van der Waals surface area contributed by atoms with E-state index >= 15 is 0 Å². The fourth-order valence-electron chi connectivity index (χ4n) is 2.30.